The molecule has 0 aromatic carbocycles. The van der Waals surface area contributed by atoms with Crippen LogP contribution in [0.25, 0.3) is 0 Å². The van der Waals surface area contributed by atoms with E-state index in [-0.39, 0.29) is 12.3 Å². The molecule has 0 unspecified atom stereocenters. The SMILES string of the molecule is CCOC(=O)Cc1ncc([N+](=O)[O-])c(C(F)F)c1O. The van der Waals surface area contributed by atoms with Crippen molar-refractivity contribution in [3.63, 3.8) is 0 Å². The van der Waals surface area contributed by atoms with Crippen LogP contribution in [0, 0.1) is 10.1 Å². The predicted octanol–water partition coefficient (Wildman–Crippen LogP) is 1.74. The smallest absolute Gasteiger partial charge is 0.312 e. The van der Waals surface area contributed by atoms with Gasteiger partial charge in [-0.05, 0) is 6.92 Å². The van der Waals surface area contributed by atoms with Gasteiger partial charge in [0.05, 0.1) is 23.6 Å². The van der Waals surface area contributed by atoms with Crippen LogP contribution < -0.4 is 0 Å². The number of aromatic nitrogens is 1. The molecule has 9 heteroatoms. The van der Waals surface area contributed by atoms with Crippen LogP contribution in [0.2, 0.25) is 0 Å². The lowest BCUT2D eigenvalue weighted by molar-refractivity contribution is -0.386. The van der Waals surface area contributed by atoms with Crippen LogP contribution in [0.1, 0.15) is 24.6 Å². The van der Waals surface area contributed by atoms with Crippen molar-refractivity contribution in [1.29, 1.82) is 0 Å². The van der Waals surface area contributed by atoms with E-state index in [4.69, 9.17) is 0 Å². The van der Waals surface area contributed by atoms with Gasteiger partial charge in [0.25, 0.3) is 12.1 Å². The highest BCUT2D eigenvalue weighted by molar-refractivity contribution is 5.73. The molecule has 0 aliphatic rings. The number of nitro groups is 1. The fourth-order valence-electron chi connectivity index (χ4n) is 1.39. The number of carbonyl (C=O) groups is 1. The number of halogens is 2. The molecule has 0 aliphatic carbocycles. The van der Waals surface area contributed by atoms with Crippen molar-refractivity contribution in [2.45, 2.75) is 19.8 Å². The van der Waals surface area contributed by atoms with Crippen molar-refractivity contribution >= 4 is 11.7 Å². The minimum absolute atomic E-state index is 0.0777. The molecule has 7 nitrogen and oxygen atoms in total. The summed E-state index contributed by atoms with van der Waals surface area (Å²) in [5.41, 5.74) is -2.54. The van der Waals surface area contributed by atoms with Gasteiger partial charge in [-0.15, -0.1) is 0 Å². The highest BCUT2D eigenvalue weighted by Crippen LogP contribution is 2.37. The quantitative estimate of drug-likeness (QED) is 0.499. The molecule has 0 radical (unpaired) electrons. The topological polar surface area (TPSA) is 103 Å². The van der Waals surface area contributed by atoms with Gasteiger partial charge in [-0.1, -0.05) is 0 Å². The number of hydrogen-bond donors (Lipinski definition) is 1. The van der Waals surface area contributed by atoms with E-state index in [9.17, 15) is 28.8 Å². The maximum Gasteiger partial charge on any atom is 0.312 e. The van der Waals surface area contributed by atoms with Gasteiger partial charge in [0.15, 0.2) is 5.75 Å². The van der Waals surface area contributed by atoms with Crippen LogP contribution in [0.15, 0.2) is 6.20 Å². The number of rotatable bonds is 5. The van der Waals surface area contributed by atoms with Gasteiger partial charge in [0.1, 0.15) is 11.8 Å². The van der Waals surface area contributed by atoms with E-state index in [1.54, 1.807) is 6.92 Å². The molecular formula is C10H10F2N2O5. The molecule has 0 saturated carbocycles. The lowest BCUT2D eigenvalue weighted by Gasteiger charge is -2.08. The Morgan fingerprint density at radius 3 is 2.74 bits per heavy atom. The van der Waals surface area contributed by atoms with Crippen molar-refractivity contribution in [3.8, 4) is 5.75 Å². The standard InChI is InChI=1S/C10H10F2N2O5/c1-2-19-7(15)3-5-9(16)8(10(11)12)6(4-13-5)14(17)18/h4,10,16H,2-3H2,1H3. The minimum Gasteiger partial charge on any atom is -0.505 e. The van der Waals surface area contributed by atoms with Gasteiger partial charge in [0.2, 0.25) is 0 Å². The van der Waals surface area contributed by atoms with E-state index in [2.05, 4.69) is 9.72 Å². The van der Waals surface area contributed by atoms with Gasteiger partial charge < -0.3 is 9.84 Å². The third-order valence-electron chi connectivity index (χ3n) is 2.18. The largest absolute Gasteiger partial charge is 0.505 e. The van der Waals surface area contributed by atoms with Crippen LogP contribution in [0.4, 0.5) is 14.5 Å². The maximum atomic E-state index is 12.7. The summed E-state index contributed by atoms with van der Waals surface area (Å²) in [7, 11) is 0. The van der Waals surface area contributed by atoms with Gasteiger partial charge in [-0.3, -0.25) is 14.9 Å². The molecule has 1 heterocycles. The molecule has 1 N–H and O–H groups in total. The van der Waals surface area contributed by atoms with Crippen LogP contribution in [-0.4, -0.2) is 27.6 Å². The van der Waals surface area contributed by atoms with E-state index >= 15 is 0 Å². The maximum absolute atomic E-state index is 12.7. The summed E-state index contributed by atoms with van der Waals surface area (Å²) >= 11 is 0. The van der Waals surface area contributed by atoms with Crippen molar-refractivity contribution in [2.24, 2.45) is 0 Å². The van der Waals surface area contributed by atoms with Crippen LogP contribution in [-0.2, 0) is 16.0 Å². The zero-order chi connectivity index (χ0) is 14.6. The van der Waals surface area contributed by atoms with E-state index in [0.717, 1.165) is 0 Å². The Bertz CT molecular complexity index is 507. The monoisotopic (exact) mass is 276 g/mol. The molecule has 0 fully saturated rings. The third kappa shape index (κ3) is 3.33. The first-order chi connectivity index (χ1) is 8.88. The average molecular weight is 276 g/mol. The summed E-state index contributed by atoms with van der Waals surface area (Å²) < 4.78 is 30.0. The van der Waals surface area contributed by atoms with E-state index in [1.807, 2.05) is 0 Å². The van der Waals surface area contributed by atoms with Crippen LogP contribution in [0.3, 0.4) is 0 Å². The normalized spacial score (nSPS) is 10.5. The Hall–Kier alpha value is -2.32. The minimum atomic E-state index is -3.26. The first-order valence-corrected chi connectivity index (χ1v) is 5.17. The summed E-state index contributed by atoms with van der Waals surface area (Å²) in [6.45, 7) is 1.62. The van der Waals surface area contributed by atoms with Crippen molar-refractivity contribution in [1.82, 2.24) is 4.98 Å². The Balaban J connectivity index is 3.20. The lowest BCUT2D eigenvalue weighted by atomic mass is 10.1. The fraction of sp³-hybridized carbons (Fsp3) is 0.400. The van der Waals surface area contributed by atoms with E-state index in [0.29, 0.717) is 6.20 Å². The second-order valence-electron chi connectivity index (χ2n) is 3.39. The first-order valence-electron chi connectivity index (χ1n) is 5.17. The van der Waals surface area contributed by atoms with Crippen molar-refractivity contribution < 1.29 is 28.3 Å². The van der Waals surface area contributed by atoms with Gasteiger partial charge in [-0.2, -0.15) is 0 Å². The first kappa shape index (κ1) is 14.7. The van der Waals surface area contributed by atoms with Gasteiger partial charge in [0, 0.05) is 0 Å². The summed E-state index contributed by atoms with van der Waals surface area (Å²) in [5.74, 6) is -1.84. The van der Waals surface area contributed by atoms with Crippen molar-refractivity contribution in [3.05, 3.63) is 27.6 Å². The number of carbonyl (C=O) groups excluding carboxylic acids is 1. The molecule has 0 saturated heterocycles. The zero-order valence-corrected chi connectivity index (χ0v) is 9.80. The van der Waals surface area contributed by atoms with Crippen LogP contribution >= 0.6 is 0 Å². The Labute approximate surface area is 106 Å². The highest BCUT2D eigenvalue weighted by Gasteiger charge is 2.29. The van der Waals surface area contributed by atoms with Gasteiger partial charge in [-0.25, -0.2) is 13.8 Å². The lowest BCUT2D eigenvalue weighted by Crippen LogP contribution is -2.10. The Morgan fingerprint density at radius 2 is 2.26 bits per heavy atom. The van der Waals surface area contributed by atoms with Crippen molar-refractivity contribution in [2.75, 3.05) is 6.61 Å². The molecule has 19 heavy (non-hydrogen) atoms. The summed E-state index contributed by atoms with van der Waals surface area (Å²) in [6, 6.07) is 0. The van der Waals surface area contributed by atoms with E-state index < -0.39 is 40.7 Å². The molecule has 1 aromatic rings. The summed E-state index contributed by atoms with van der Waals surface area (Å²) in [4.78, 5) is 24.1. The van der Waals surface area contributed by atoms with E-state index in [1.165, 1.54) is 0 Å². The Morgan fingerprint density at radius 1 is 1.63 bits per heavy atom. The van der Waals surface area contributed by atoms with Crippen LogP contribution in [0.5, 0.6) is 5.75 Å². The molecule has 0 amide bonds. The molecule has 104 valence electrons. The zero-order valence-electron chi connectivity index (χ0n) is 9.80. The molecule has 0 aliphatic heterocycles. The Kier molecular flexibility index (Phi) is 4.67. The number of nitrogens with zero attached hydrogens (tertiary/aromatic N) is 2. The highest BCUT2D eigenvalue weighted by atomic mass is 19.3. The number of ether oxygens (including phenoxy) is 1. The number of pyridine rings is 1. The molecule has 0 atom stereocenters. The molecule has 1 rings (SSSR count). The number of aromatic hydroxyl groups is 1. The predicted molar refractivity (Wildman–Crippen MR) is 57.9 cm³/mol. The molecular weight excluding hydrogens is 266 g/mol. The second kappa shape index (κ2) is 6.03. The number of alkyl halides is 2. The average Bonchev–Trinajstić information content (AvgIpc) is 2.30. The molecule has 0 bridgehead atoms. The second-order valence-corrected chi connectivity index (χ2v) is 3.39. The van der Waals surface area contributed by atoms with Gasteiger partial charge >= 0.3 is 5.97 Å². The summed E-state index contributed by atoms with van der Waals surface area (Å²) in [6.07, 6.45) is -3.22. The number of esters is 1. The molecule has 1 aromatic heterocycles. The summed E-state index contributed by atoms with van der Waals surface area (Å²) in [5, 5.41) is 20.1. The third-order valence-corrected chi connectivity index (χ3v) is 2.18. The molecule has 0 spiro atoms. The fourth-order valence-corrected chi connectivity index (χ4v) is 1.39. The number of hydrogen-bond acceptors (Lipinski definition) is 6.